The van der Waals surface area contributed by atoms with E-state index in [9.17, 15) is 18.0 Å². The molecule has 0 spiro atoms. The van der Waals surface area contributed by atoms with Gasteiger partial charge in [-0.1, -0.05) is 0 Å². The fourth-order valence-electron chi connectivity index (χ4n) is 1.85. The Labute approximate surface area is 120 Å². The highest BCUT2D eigenvalue weighted by Gasteiger charge is 2.33. The highest BCUT2D eigenvalue weighted by molar-refractivity contribution is 5.79. The maximum absolute atomic E-state index is 12.9. The molecule has 114 valence electrons. The van der Waals surface area contributed by atoms with Crippen molar-refractivity contribution < 1.29 is 22.7 Å². The molecule has 0 aliphatic carbocycles. The van der Waals surface area contributed by atoms with Crippen molar-refractivity contribution in [1.29, 1.82) is 5.26 Å². The molecule has 0 aliphatic rings. The van der Waals surface area contributed by atoms with Crippen LogP contribution < -0.4 is 4.90 Å². The predicted octanol–water partition coefficient (Wildman–Crippen LogP) is 2.88. The molecule has 0 N–H and O–H groups in total. The van der Waals surface area contributed by atoms with E-state index in [1.165, 1.54) is 13.2 Å². The Morgan fingerprint density at radius 3 is 2.62 bits per heavy atom. The van der Waals surface area contributed by atoms with Gasteiger partial charge < -0.3 is 9.64 Å². The van der Waals surface area contributed by atoms with Crippen molar-refractivity contribution in [3.63, 3.8) is 0 Å². The Hall–Kier alpha value is -2.07. The summed E-state index contributed by atoms with van der Waals surface area (Å²) in [6.07, 6.45) is -4.24. The Bertz CT molecular complexity index is 524. The van der Waals surface area contributed by atoms with Crippen LogP contribution in [-0.2, 0) is 10.9 Å². The molecule has 7 heteroatoms. The number of ether oxygens (including phenoxy) is 1. The second-order valence-electron chi connectivity index (χ2n) is 4.28. The van der Waals surface area contributed by atoms with Crippen LogP contribution in [0, 0.1) is 11.3 Å². The van der Waals surface area contributed by atoms with E-state index in [0.29, 0.717) is 18.8 Å². The second kappa shape index (κ2) is 7.64. The van der Waals surface area contributed by atoms with Gasteiger partial charge in [-0.3, -0.25) is 4.79 Å². The third-order valence-corrected chi connectivity index (χ3v) is 2.89. The van der Waals surface area contributed by atoms with Crippen LogP contribution >= 0.6 is 0 Å². The summed E-state index contributed by atoms with van der Waals surface area (Å²) in [6, 6.07) is 5.45. The van der Waals surface area contributed by atoms with Crippen LogP contribution in [0.4, 0.5) is 18.9 Å². The molecule has 0 aliphatic heterocycles. The number of methoxy groups -OCH3 is 1. The van der Waals surface area contributed by atoms with Crippen LogP contribution in [0.15, 0.2) is 18.2 Å². The molecule has 0 unspecified atom stereocenters. The molecule has 0 atom stereocenters. The zero-order valence-electron chi connectivity index (χ0n) is 11.5. The van der Waals surface area contributed by atoms with Crippen molar-refractivity contribution in [2.24, 2.45) is 0 Å². The molecule has 0 aromatic heterocycles. The normalized spacial score (nSPS) is 11.0. The van der Waals surface area contributed by atoms with Gasteiger partial charge in [0.25, 0.3) is 0 Å². The van der Waals surface area contributed by atoms with Gasteiger partial charge in [0, 0.05) is 31.5 Å². The minimum atomic E-state index is -4.60. The Morgan fingerprint density at radius 1 is 1.38 bits per heavy atom. The first kappa shape index (κ1) is 17.0. The molecule has 0 bridgehead atoms. The fourth-order valence-corrected chi connectivity index (χ4v) is 1.85. The van der Waals surface area contributed by atoms with Gasteiger partial charge in [-0.25, -0.2) is 0 Å². The van der Waals surface area contributed by atoms with Gasteiger partial charge in [-0.15, -0.1) is 0 Å². The van der Waals surface area contributed by atoms with E-state index in [4.69, 9.17) is 10.00 Å². The average molecular weight is 300 g/mol. The first-order valence-corrected chi connectivity index (χ1v) is 6.21. The molecule has 0 radical (unpaired) electrons. The van der Waals surface area contributed by atoms with Crippen molar-refractivity contribution >= 4 is 12.0 Å². The molecular formula is C14H15F3N2O2. The monoisotopic (exact) mass is 300 g/mol. The van der Waals surface area contributed by atoms with Gasteiger partial charge >= 0.3 is 6.18 Å². The number of carbonyl (C=O) groups excluding carboxylic acids is 1. The van der Waals surface area contributed by atoms with E-state index in [0.717, 1.165) is 12.1 Å². The van der Waals surface area contributed by atoms with Crippen LogP contribution in [0.25, 0.3) is 0 Å². The number of aldehydes is 1. The number of nitriles is 1. The molecule has 21 heavy (non-hydrogen) atoms. The summed E-state index contributed by atoms with van der Waals surface area (Å²) < 4.78 is 43.7. The highest BCUT2D eigenvalue weighted by Crippen LogP contribution is 2.34. The SMILES string of the molecule is COCCN(CCC#N)c1ccc(C=O)c(C(F)(F)F)c1. The fraction of sp³-hybridized carbons (Fsp3) is 0.429. The van der Waals surface area contributed by atoms with Gasteiger partial charge in [0.05, 0.1) is 24.7 Å². The van der Waals surface area contributed by atoms with E-state index in [2.05, 4.69) is 0 Å². The van der Waals surface area contributed by atoms with E-state index >= 15 is 0 Å². The lowest BCUT2D eigenvalue weighted by atomic mass is 10.1. The number of rotatable bonds is 7. The third kappa shape index (κ3) is 4.76. The van der Waals surface area contributed by atoms with Crippen LogP contribution in [-0.4, -0.2) is 33.1 Å². The number of hydrogen-bond donors (Lipinski definition) is 0. The molecule has 1 aromatic carbocycles. The molecule has 0 heterocycles. The summed E-state index contributed by atoms with van der Waals surface area (Å²) in [4.78, 5) is 12.3. The number of halogens is 3. The summed E-state index contributed by atoms with van der Waals surface area (Å²) in [7, 11) is 1.49. The molecule has 1 aromatic rings. The summed E-state index contributed by atoms with van der Waals surface area (Å²) in [5.41, 5.74) is -1.08. The van der Waals surface area contributed by atoms with Crippen LogP contribution in [0.5, 0.6) is 0 Å². The van der Waals surface area contributed by atoms with Crippen molar-refractivity contribution in [3.05, 3.63) is 29.3 Å². The molecular weight excluding hydrogens is 285 g/mol. The van der Waals surface area contributed by atoms with Crippen LogP contribution in [0.3, 0.4) is 0 Å². The minimum Gasteiger partial charge on any atom is -0.383 e. The topological polar surface area (TPSA) is 53.3 Å². The van der Waals surface area contributed by atoms with E-state index in [-0.39, 0.29) is 19.3 Å². The number of anilines is 1. The van der Waals surface area contributed by atoms with Gasteiger partial charge in [-0.05, 0) is 18.2 Å². The number of nitrogens with zero attached hydrogens (tertiary/aromatic N) is 2. The maximum Gasteiger partial charge on any atom is 0.417 e. The van der Waals surface area contributed by atoms with E-state index < -0.39 is 17.3 Å². The Kier molecular flexibility index (Phi) is 6.18. The molecule has 0 saturated carbocycles. The Balaban J connectivity index is 3.13. The van der Waals surface area contributed by atoms with E-state index in [1.54, 1.807) is 4.90 Å². The number of alkyl halides is 3. The smallest absolute Gasteiger partial charge is 0.383 e. The third-order valence-electron chi connectivity index (χ3n) is 2.89. The van der Waals surface area contributed by atoms with E-state index in [1.807, 2.05) is 6.07 Å². The minimum absolute atomic E-state index is 0.181. The van der Waals surface area contributed by atoms with Crippen molar-refractivity contribution in [2.45, 2.75) is 12.6 Å². The quantitative estimate of drug-likeness (QED) is 0.727. The van der Waals surface area contributed by atoms with Gasteiger partial charge in [0.2, 0.25) is 0 Å². The number of benzene rings is 1. The lowest BCUT2D eigenvalue weighted by Gasteiger charge is -2.24. The van der Waals surface area contributed by atoms with Crippen molar-refractivity contribution in [2.75, 3.05) is 31.7 Å². The highest BCUT2D eigenvalue weighted by atomic mass is 19.4. The summed E-state index contributed by atoms with van der Waals surface area (Å²) in [5.74, 6) is 0. The van der Waals surface area contributed by atoms with Crippen LogP contribution in [0.2, 0.25) is 0 Å². The zero-order chi connectivity index (χ0) is 15.9. The standard InChI is InChI=1S/C14H15F3N2O2/c1-21-8-7-19(6-2-5-18)12-4-3-11(10-20)13(9-12)14(15,16)17/h3-4,9-10H,2,6-8H2,1H3. The first-order chi connectivity index (χ1) is 9.93. The molecule has 0 saturated heterocycles. The zero-order valence-corrected chi connectivity index (χ0v) is 11.5. The lowest BCUT2D eigenvalue weighted by Crippen LogP contribution is -2.28. The van der Waals surface area contributed by atoms with Gasteiger partial charge in [0.15, 0.2) is 6.29 Å². The Morgan fingerprint density at radius 2 is 2.10 bits per heavy atom. The number of carbonyl (C=O) groups is 1. The largest absolute Gasteiger partial charge is 0.417 e. The predicted molar refractivity (Wildman–Crippen MR) is 71.2 cm³/mol. The van der Waals surface area contributed by atoms with Gasteiger partial charge in [0.1, 0.15) is 0 Å². The van der Waals surface area contributed by atoms with Crippen LogP contribution in [0.1, 0.15) is 22.3 Å². The molecule has 1 rings (SSSR count). The van der Waals surface area contributed by atoms with Crippen molar-refractivity contribution in [1.82, 2.24) is 0 Å². The second-order valence-corrected chi connectivity index (χ2v) is 4.28. The first-order valence-electron chi connectivity index (χ1n) is 6.21. The molecule has 4 nitrogen and oxygen atoms in total. The maximum atomic E-state index is 12.9. The summed E-state index contributed by atoms with van der Waals surface area (Å²) in [5, 5.41) is 8.62. The summed E-state index contributed by atoms with van der Waals surface area (Å²) >= 11 is 0. The lowest BCUT2D eigenvalue weighted by molar-refractivity contribution is -0.137. The van der Waals surface area contributed by atoms with Crippen molar-refractivity contribution in [3.8, 4) is 6.07 Å². The van der Waals surface area contributed by atoms with Gasteiger partial charge in [-0.2, -0.15) is 18.4 Å². The summed E-state index contributed by atoms with van der Waals surface area (Å²) in [6.45, 7) is 0.968. The molecule has 0 amide bonds. The molecule has 0 fully saturated rings. The average Bonchev–Trinajstić information content (AvgIpc) is 2.46. The number of hydrogen-bond acceptors (Lipinski definition) is 4.